The van der Waals surface area contributed by atoms with E-state index in [0.29, 0.717) is 0 Å². The summed E-state index contributed by atoms with van der Waals surface area (Å²) >= 11 is 0. The van der Waals surface area contributed by atoms with Crippen molar-refractivity contribution in [1.82, 2.24) is 9.78 Å². The Bertz CT molecular complexity index is 282. The molecular formula is C9H12N2. The Morgan fingerprint density at radius 3 is 2.73 bits per heavy atom. The largest absolute Gasteiger partial charge is 0.245 e. The van der Waals surface area contributed by atoms with Crippen LogP contribution in [0.4, 0.5) is 0 Å². The molecule has 0 saturated carbocycles. The van der Waals surface area contributed by atoms with Crippen molar-refractivity contribution >= 4 is 6.20 Å². The Morgan fingerprint density at radius 1 is 1.55 bits per heavy atom. The molecule has 0 N–H and O–H groups in total. The van der Waals surface area contributed by atoms with Crippen molar-refractivity contribution in [2.45, 2.75) is 13.8 Å². The maximum absolute atomic E-state index is 4.23. The number of allylic oxidation sites excluding steroid dienone is 2. The monoisotopic (exact) mass is 148 g/mol. The molecule has 1 aromatic heterocycles. The average molecular weight is 148 g/mol. The molecule has 0 radical (unpaired) electrons. The van der Waals surface area contributed by atoms with E-state index in [0.717, 1.165) is 11.4 Å². The van der Waals surface area contributed by atoms with Crippen LogP contribution in [0, 0.1) is 13.8 Å². The number of hydrogen-bond acceptors (Lipinski definition) is 1. The van der Waals surface area contributed by atoms with Crippen LogP contribution in [0.15, 0.2) is 24.8 Å². The number of rotatable bonds is 2. The fourth-order valence-corrected chi connectivity index (χ4v) is 0.939. The van der Waals surface area contributed by atoms with E-state index >= 15 is 0 Å². The molecule has 0 aliphatic heterocycles. The Kier molecular flexibility index (Phi) is 2.26. The third-order valence-electron chi connectivity index (χ3n) is 1.41. The van der Waals surface area contributed by atoms with E-state index in [1.807, 2.05) is 36.9 Å². The lowest BCUT2D eigenvalue weighted by molar-refractivity contribution is 0.881. The minimum Gasteiger partial charge on any atom is -0.245 e. The van der Waals surface area contributed by atoms with Gasteiger partial charge in [-0.1, -0.05) is 12.7 Å². The van der Waals surface area contributed by atoms with Crippen LogP contribution in [-0.2, 0) is 0 Å². The van der Waals surface area contributed by atoms with E-state index in [1.165, 1.54) is 0 Å². The molecule has 0 spiro atoms. The minimum atomic E-state index is 1.04. The molecule has 1 heterocycles. The van der Waals surface area contributed by atoms with Crippen molar-refractivity contribution < 1.29 is 0 Å². The maximum Gasteiger partial charge on any atom is 0.0600 e. The molecule has 0 aliphatic rings. The van der Waals surface area contributed by atoms with E-state index < -0.39 is 0 Å². The van der Waals surface area contributed by atoms with Gasteiger partial charge in [0.05, 0.1) is 5.69 Å². The van der Waals surface area contributed by atoms with Gasteiger partial charge in [0.25, 0.3) is 0 Å². The minimum absolute atomic E-state index is 1.04. The Labute approximate surface area is 66.8 Å². The molecule has 1 aromatic rings. The number of aromatic nitrogens is 2. The summed E-state index contributed by atoms with van der Waals surface area (Å²) in [6, 6.07) is 2.04. The zero-order chi connectivity index (χ0) is 8.27. The molecule has 0 unspecified atom stereocenters. The smallest absolute Gasteiger partial charge is 0.0600 e. The number of hydrogen-bond donors (Lipinski definition) is 0. The Hall–Kier alpha value is -1.31. The summed E-state index contributed by atoms with van der Waals surface area (Å²) in [5.41, 5.74) is 2.18. The topological polar surface area (TPSA) is 17.8 Å². The highest BCUT2D eigenvalue weighted by molar-refractivity contribution is 5.29. The van der Waals surface area contributed by atoms with Gasteiger partial charge < -0.3 is 0 Å². The van der Waals surface area contributed by atoms with Crippen LogP contribution in [0.25, 0.3) is 6.20 Å². The van der Waals surface area contributed by atoms with Gasteiger partial charge in [-0.2, -0.15) is 5.10 Å². The fraction of sp³-hybridized carbons (Fsp3) is 0.222. The Morgan fingerprint density at radius 2 is 2.27 bits per heavy atom. The molecule has 0 aliphatic carbocycles. The second-order valence-electron chi connectivity index (χ2n) is 2.45. The molecule has 2 nitrogen and oxygen atoms in total. The lowest BCUT2D eigenvalue weighted by atomic mass is 10.4. The lowest BCUT2D eigenvalue weighted by Gasteiger charge is -1.92. The first-order valence-corrected chi connectivity index (χ1v) is 3.56. The molecule has 0 amide bonds. The summed E-state index contributed by atoms with van der Waals surface area (Å²) in [4.78, 5) is 0. The standard InChI is InChI=1S/C9H12N2/c1-4-5-6-11-9(3)7-8(2)10-11/h4-7H,1H2,2-3H3. The highest BCUT2D eigenvalue weighted by atomic mass is 15.3. The van der Waals surface area contributed by atoms with E-state index in [9.17, 15) is 0 Å². The normalized spacial score (nSPS) is 10.7. The summed E-state index contributed by atoms with van der Waals surface area (Å²) in [6.07, 6.45) is 5.48. The van der Waals surface area contributed by atoms with Crippen LogP contribution in [0.3, 0.4) is 0 Å². The van der Waals surface area contributed by atoms with Crippen molar-refractivity contribution in [3.63, 3.8) is 0 Å². The van der Waals surface area contributed by atoms with E-state index in [2.05, 4.69) is 11.7 Å². The second kappa shape index (κ2) is 3.19. The average Bonchev–Trinajstić information content (AvgIpc) is 2.26. The van der Waals surface area contributed by atoms with Gasteiger partial charge in [-0.25, -0.2) is 4.68 Å². The predicted octanol–water partition coefficient (Wildman–Crippen LogP) is 2.16. The molecule has 11 heavy (non-hydrogen) atoms. The van der Waals surface area contributed by atoms with E-state index in [-0.39, 0.29) is 0 Å². The first-order valence-electron chi connectivity index (χ1n) is 3.56. The third kappa shape index (κ3) is 1.80. The fourth-order valence-electron chi connectivity index (χ4n) is 0.939. The zero-order valence-electron chi connectivity index (χ0n) is 6.91. The van der Waals surface area contributed by atoms with Crippen molar-refractivity contribution in [2.24, 2.45) is 0 Å². The second-order valence-corrected chi connectivity index (χ2v) is 2.45. The van der Waals surface area contributed by atoms with Gasteiger partial charge >= 0.3 is 0 Å². The van der Waals surface area contributed by atoms with Gasteiger partial charge in [-0.15, -0.1) is 0 Å². The van der Waals surface area contributed by atoms with Crippen molar-refractivity contribution in [3.8, 4) is 0 Å². The molecular weight excluding hydrogens is 136 g/mol. The van der Waals surface area contributed by atoms with Gasteiger partial charge in [0.1, 0.15) is 0 Å². The van der Waals surface area contributed by atoms with Crippen LogP contribution >= 0.6 is 0 Å². The summed E-state index contributed by atoms with van der Waals surface area (Å²) in [6.45, 7) is 7.58. The zero-order valence-corrected chi connectivity index (χ0v) is 6.91. The molecule has 58 valence electrons. The van der Waals surface area contributed by atoms with Gasteiger partial charge in [-0.05, 0) is 26.0 Å². The molecule has 0 atom stereocenters. The first kappa shape index (κ1) is 7.79. The van der Waals surface area contributed by atoms with Crippen LogP contribution in [0.1, 0.15) is 11.4 Å². The van der Waals surface area contributed by atoms with Gasteiger partial charge in [0.15, 0.2) is 0 Å². The number of aryl methyl sites for hydroxylation is 2. The van der Waals surface area contributed by atoms with Crippen LogP contribution in [0.5, 0.6) is 0 Å². The maximum atomic E-state index is 4.23. The first-order chi connectivity index (χ1) is 5.24. The van der Waals surface area contributed by atoms with Crippen molar-refractivity contribution in [2.75, 3.05) is 0 Å². The van der Waals surface area contributed by atoms with Crippen molar-refractivity contribution in [3.05, 3.63) is 36.2 Å². The summed E-state index contributed by atoms with van der Waals surface area (Å²) in [5, 5.41) is 4.23. The van der Waals surface area contributed by atoms with E-state index in [1.54, 1.807) is 6.08 Å². The molecule has 1 rings (SSSR count). The third-order valence-corrected chi connectivity index (χ3v) is 1.41. The van der Waals surface area contributed by atoms with Crippen molar-refractivity contribution in [1.29, 1.82) is 0 Å². The SMILES string of the molecule is C=CC=Cn1nc(C)cc1C. The Balaban J connectivity index is 2.93. The molecule has 2 heteroatoms. The van der Waals surface area contributed by atoms with Gasteiger partial charge in [-0.3, -0.25) is 0 Å². The quantitative estimate of drug-likeness (QED) is 0.587. The predicted molar refractivity (Wildman–Crippen MR) is 47.2 cm³/mol. The van der Waals surface area contributed by atoms with Gasteiger partial charge in [0, 0.05) is 11.9 Å². The molecule has 0 fully saturated rings. The number of nitrogens with zero attached hydrogens (tertiary/aromatic N) is 2. The van der Waals surface area contributed by atoms with Gasteiger partial charge in [0.2, 0.25) is 0 Å². The highest BCUT2D eigenvalue weighted by Gasteiger charge is 1.94. The molecule has 0 saturated heterocycles. The molecule has 0 aromatic carbocycles. The summed E-state index contributed by atoms with van der Waals surface area (Å²) in [5.74, 6) is 0. The van der Waals surface area contributed by atoms with Crippen LogP contribution < -0.4 is 0 Å². The lowest BCUT2D eigenvalue weighted by Crippen LogP contribution is -1.90. The van der Waals surface area contributed by atoms with Crippen LogP contribution in [0.2, 0.25) is 0 Å². The summed E-state index contributed by atoms with van der Waals surface area (Å²) < 4.78 is 1.83. The summed E-state index contributed by atoms with van der Waals surface area (Å²) in [7, 11) is 0. The molecule has 0 bridgehead atoms. The van der Waals surface area contributed by atoms with E-state index in [4.69, 9.17) is 0 Å². The highest BCUT2D eigenvalue weighted by Crippen LogP contribution is 2.01. The van der Waals surface area contributed by atoms with Crippen LogP contribution in [-0.4, -0.2) is 9.78 Å².